The molecule has 6 heteroatoms. The third-order valence-electron chi connectivity index (χ3n) is 4.11. The first-order valence-corrected chi connectivity index (χ1v) is 8.87. The van der Waals surface area contributed by atoms with Crippen molar-refractivity contribution in [1.82, 2.24) is 0 Å². The Morgan fingerprint density at radius 1 is 1.24 bits per heavy atom. The summed E-state index contributed by atoms with van der Waals surface area (Å²) in [4.78, 5) is 26.3. The van der Waals surface area contributed by atoms with Crippen LogP contribution in [-0.2, 0) is 16.0 Å². The van der Waals surface area contributed by atoms with Crippen molar-refractivity contribution in [2.45, 2.75) is 12.8 Å². The van der Waals surface area contributed by atoms with E-state index in [1.54, 1.807) is 17.0 Å². The van der Waals surface area contributed by atoms with Gasteiger partial charge in [-0.15, -0.1) is 0 Å². The number of carbonyl (C=O) groups excluding carboxylic acids is 2. The number of hydrogen-bond donors (Lipinski definition) is 1. The molecule has 0 aromatic heterocycles. The molecule has 0 saturated carbocycles. The van der Waals surface area contributed by atoms with Gasteiger partial charge in [0.1, 0.15) is 6.61 Å². The van der Waals surface area contributed by atoms with Gasteiger partial charge in [0.15, 0.2) is 0 Å². The first-order valence-electron chi connectivity index (χ1n) is 8.07. The zero-order chi connectivity index (χ0) is 17.8. The molecule has 5 nitrogen and oxygen atoms in total. The van der Waals surface area contributed by atoms with Gasteiger partial charge < -0.3 is 15.0 Å². The molecule has 130 valence electrons. The molecule has 1 N–H and O–H groups in total. The first-order chi connectivity index (χ1) is 12.1. The number of halogens is 1. The van der Waals surface area contributed by atoms with E-state index in [4.69, 9.17) is 4.74 Å². The summed E-state index contributed by atoms with van der Waals surface area (Å²) in [6.07, 6.45) is 1.78. The average Bonchev–Trinajstić information content (AvgIpc) is 2.61. The molecule has 2 aromatic rings. The molecule has 3 rings (SSSR count). The molecule has 0 atom stereocenters. The highest BCUT2D eigenvalue weighted by Gasteiger charge is 2.22. The lowest BCUT2D eigenvalue weighted by atomic mass is 10.0. The molecule has 2 aromatic carbocycles. The Morgan fingerprint density at radius 3 is 2.84 bits per heavy atom. The number of ether oxygens (including phenoxy) is 1. The van der Waals surface area contributed by atoms with Crippen molar-refractivity contribution in [3.05, 3.63) is 58.1 Å². The van der Waals surface area contributed by atoms with Crippen LogP contribution in [0, 0.1) is 0 Å². The number of fused-ring (bicyclic) bond motifs is 1. The Labute approximate surface area is 155 Å². The highest BCUT2D eigenvalue weighted by molar-refractivity contribution is 9.10. The molecule has 2 amide bonds. The maximum absolute atomic E-state index is 12.4. The summed E-state index contributed by atoms with van der Waals surface area (Å²) < 4.78 is 5.81. The number of benzene rings is 2. The van der Waals surface area contributed by atoms with Gasteiger partial charge in [-0.3, -0.25) is 9.59 Å². The normalized spacial score (nSPS) is 13.3. The third kappa shape index (κ3) is 4.08. The standard InChI is InChI=1S/C19H19BrN2O3/c1-25-12-18(23)22-9-3-5-13-11-16(7-8-17(13)22)21-19(24)14-4-2-6-15(20)10-14/h2,4,6-8,10-11H,3,5,9,12H2,1H3,(H,21,24). The largest absolute Gasteiger partial charge is 0.375 e. The maximum Gasteiger partial charge on any atom is 0.255 e. The van der Waals surface area contributed by atoms with Crippen LogP contribution in [0.2, 0.25) is 0 Å². The van der Waals surface area contributed by atoms with Crippen LogP contribution in [-0.4, -0.2) is 32.1 Å². The number of carbonyl (C=O) groups is 2. The molecule has 1 aliphatic rings. The highest BCUT2D eigenvalue weighted by atomic mass is 79.9. The molecule has 0 saturated heterocycles. The second-order valence-electron chi connectivity index (χ2n) is 5.89. The number of methoxy groups -OCH3 is 1. The summed E-state index contributed by atoms with van der Waals surface area (Å²) in [7, 11) is 1.52. The molecule has 0 bridgehead atoms. The zero-order valence-corrected chi connectivity index (χ0v) is 15.5. The maximum atomic E-state index is 12.4. The monoisotopic (exact) mass is 402 g/mol. The number of hydrogen-bond acceptors (Lipinski definition) is 3. The second kappa shape index (κ2) is 7.80. The lowest BCUT2D eigenvalue weighted by molar-refractivity contribution is -0.122. The molecule has 1 heterocycles. The minimum atomic E-state index is -0.163. The summed E-state index contributed by atoms with van der Waals surface area (Å²) in [5.41, 5.74) is 3.27. The van der Waals surface area contributed by atoms with Gasteiger partial charge in [-0.25, -0.2) is 0 Å². The number of rotatable bonds is 4. The van der Waals surface area contributed by atoms with E-state index in [1.165, 1.54) is 7.11 Å². The zero-order valence-electron chi connectivity index (χ0n) is 13.9. The quantitative estimate of drug-likeness (QED) is 0.849. The molecular formula is C19H19BrN2O3. The lowest BCUT2D eigenvalue weighted by Gasteiger charge is -2.29. The van der Waals surface area contributed by atoms with Crippen molar-refractivity contribution >= 4 is 39.1 Å². The van der Waals surface area contributed by atoms with E-state index in [-0.39, 0.29) is 18.4 Å². The number of aryl methyl sites for hydroxylation is 1. The number of nitrogens with one attached hydrogen (secondary N) is 1. The fraction of sp³-hybridized carbons (Fsp3) is 0.263. The van der Waals surface area contributed by atoms with Crippen molar-refractivity contribution in [2.24, 2.45) is 0 Å². The van der Waals surface area contributed by atoms with Gasteiger partial charge in [0.05, 0.1) is 0 Å². The summed E-state index contributed by atoms with van der Waals surface area (Å²) in [5.74, 6) is -0.209. The Balaban J connectivity index is 1.79. The summed E-state index contributed by atoms with van der Waals surface area (Å²) in [6.45, 7) is 0.764. The number of amides is 2. The van der Waals surface area contributed by atoms with Gasteiger partial charge in [0.25, 0.3) is 11.8 Å². The molecule has 0 fully saturated rings. The van der Waals surface area contributed by atoms with Crippen LogP contribution < -0.4 is 10.2 Å². The Morgan fingerprint density at radius 2 is 2.08 bits per heavy atom. The topological polar surface area (TPSA) is 58.6 Å². The van der Waals surface area contributed by atoms with Gasteiger partial charge in [-0.1, -0.05) is 22.0 Å². The Kier molecular flexibility index (Phi) is 5.50. The fourth-order valence-electron chi connectivity index (χ4n) is 2.97. The third-order valence-corrected chi connectivity index (χ3v) is 4.60. The second-order valence-corrected chi connectivity index (χ2v) is 6.81. The number of nitrogens with zero attached hydrogens (tertiary/aromatic N) is 1. The van der Waals surface area contributed by atoms with Gasteiger partial charge >= 0.3 is 0 Å². The van der Waals surface area contributed by atoms with E-state index in [2.05, 4.69) is 21.2 Å². The van der Waals surface area contributed by atoms with Crippen molar-refractivity contribution in [1.29, 1.82) is 0 Å². The van der Waals surface area contributed by atoms with E-state index in [0.29, 0.717) is 12.1 Å². The molecule has 0 spiro atoms. The SMILES string of the molecule is COCC(=O)N1CCCc2cc(NC(=O)c3cccc(Br)c3)ccc21. The van der Waals surface area contributed by atoms with Gasteiger partial charge in [-0.2, -0.15) is 0 Å². The van der Waals surface area contributed by atoms with Crippen LogP contribution in [0.5, 0.6) is 0 Å². The van der Waals surface area contributed by atoms with Gasteiger partial charge in [0, 0.05) is 35.1 Å². The van der Waals surface area contributed by atoms with Crippen LogP contribution in [0.4, 0.5) is 11.4 Å². The van der Waals surface area contributed by atoms with E-state index in [1.807, 2.05) is 30.3 Å². The fourth-order valence-corrected chi connectivity index (χ4v) is 3.37. The van der Waals surface area contributed by atoms with Gasteiger partial charge in [0.2, 0.25) is 0 Å². The van der Waals surface area contributed by atoms with E-state index in [0.717, 1.165) is 34.3 Å². The predicted molar refractivity (Wildman–Crippen MR) is 101 cm³/mol. The molecule has 0 unspecified atom stereocenters. The molecule has 25 heavy (non-hydrogen) atoms. The summed E-state index contributed by atoms with van der Waals surface area (Å²) in [5, 5.41) is 2.92. The van der Waals surface area contributed by atoms with Crippen molar-refractivity contribution < 1.29 is 14.3 Å². The minimum absolute atomic E-state index is 0.0469. The summed E-state index contributed by atoms with van der Waals surface area (Å²) in [6, 6.07) is 12.9. The average molecular weight is 403 g/mol. The molecular weight excluding hydrogens is 384 g/mol. The van der Waals surface area contributed by atoms with Crippen molar-refractivity contribution in [3.8, 4) is 0 Å². The van der Waals surface area contributed by atoms with Crippen LogP contribution in [0.15, 0.2) is 46.9 Å². The highest BCUT2D eigenvalue weighted by Crippen LogP contribution is 2.30. The van der Waals surface area contributed by atoms with E-state index >= 15 is 0 Å². The first kappa shape index (κ1) is 17.6. The summed E-state index contributed by atoms with van der Waals surface area (Å²) >= 11 is 3.37. The van der Waals surface area contributed by atoms with Crippen LogP contribution in [0.3, 0.4) is 0 Å². The Hall–Kier alpha value is -2.18. The Bertz CT molecular complexity index is 807. The van der Waals surface area contributed by atoms with Crippen LogP contribution >= 0.6 is 15.9 Å². The number of anilines is 2. The van der Waals surface area contributed by atoms with Crippen LogP contribution in [0.1, 0.15) is 22.3 Å². The van der Waals surface area contributed by atoms with Gasteiger partial charge in [-0.05, 0) is 54.8 Å². The molecule has 0 aliphatic carbocycles. The minimum Gasteiger partial charge on any atom is -0.375 e. The smallest absolute Gasteiger partial charge is 0.255 e. The lowest BCUT2D eigenvalue weighted by Crippen LogP contribution is -2.37. The van der Waals surface area contributed by atoms with E-state index in [9.17, 15) is 9.59 Å². The molecule has 0 radical (unpaired) electrons. The molecule has 1 aliphatic heterocycles. The predicted octanol–water partition coefficient (Wildman–Crippen LogP) is 3.63. The van der Waals surface area contributed by atoms with Crippen molar-refractivity contribution in [3.63, 3.8) is 0 Å². The van der Waals surface area contributed by atoms with E-state index < -0.39 is 0 Å². The van der Waals surface area contributed by atoms with Crippen LogP contribution in [0.25, 0.3) is 0 Å². The van der Waals surface area contributed by atoms with Crippen molar-refractivity contribution in [2.75, 3.05) is 30.5 Å².